The average molecular weight is 725 g/mol. The third-order valence-corrected chi connectivity index (χ3v) is 12.6. The Hall–Kier alpha value is -3.12. The number of carbonyl (C=O) groups is 2. The fraction of sp³-hybridized carbons (Fsp3) is 0.579. The second-order valence-electron chi connectivity index (χ2n) is 14.6. The van der Waals surface area contributed by atoms with Gasteiger partial charge in [0, 0.05) is 30.8 Å². The van der Waals surface area contributed by atoms with Crippen molar-refractivity contribution < 1.29 is 28.0 Å². The van der Waals surface area contributed by atoms with E-state index in [1.54, 1.807) is 18.1 Å². The van der Waals surface area contributed by atoms with Crippen molar-refractivity contribution in [2.24, 2.45) is 22.1 Å². The van der Waals surface area contributed by atoms with Crippen LogP contribution in [0.1, 0.15) is 73.4 Å². The molecule has 3 fully saturated rings. The number of methoxy groups -OCH3 is 1. The average Bonchev–Trinajstić information content (AvgIpc) is 3.90. The number of fused-ring (bicyclic) bond motifs is 3. The molecule has 270 valence electrons. The number of urea groups is 1. The van der Waals surface area contributed by atoms with E-state index in [4.69, 9.17) is 25.8 Å². The lowest BCUT2D eigenvalue weighted by atomic mass is 9.70. The number of nitrogens with zero attached hydrogens (tertiary/aromatic N) is 3. The third kappa shape index (κ3) is 8.16. The summed E-state index contributed by atoms with van der Waals surface area (Å²) in [6, 6.07) is 11.2. The SMILES string of the molecule is CO[C@H]1/C=C/C[C@H](C)C(NC(=O)N2CC(OC3CC3)C2)/[SH](=O)=N\C(=O)c2ccc3c(c2)N(Cc2ccc(Cl)cc2CCCCO3)C[C@@H]2CC[C@H]21. The molecule has 2 unspecified atom stereocenters. The summed E-state index contributed by atoms with van der Waals surface area (Å²) >= 11 is 6.46. The monoisotopic (exact) mass is 724 g/mol. The Morgan fingerprint density at radius 2 is 1.88 bits per heavy atom. The van der Waals surface area contributed by atoms with E-state index in [1.165, 1.54) is 11.1 Å². The van der Waals surface area contributed by atoms with Gasteiger partial charge in [-0.25, -0.2) is 4.79 Å². The van der Waals surface area contributed by atoms with Gasteiger partial charge in [-0.15, -0.1) is 0 Å². The first-order valence-corrected chi connectivity index (χ1v) is 19.8. The minimum atomic E-state index is -2.50. The van der Waals surface area contributed by atoms with Gasteiger partial charge in [-0.1, -0.05) is 36.7 Å². The highest BCUT2D eigenvalue weighted by molar-refractivity contribution is 7.76. The normalized spacial score (nSPS) is 30.2. The Morgan fingerprint density at radius 1 is 1.04 bits per heavy atom. The maximum absolute atomic E-state index is 13.9. The molecule has 7 rings (SSSR count). The van der Waals surface area contributed by atoms with E-state index in [0.717, 1.165) is 62.2 Å². The van der Waals surface area contributed by atoms with Crippen LogP contribution in [0.2, 0.25) is 5.02 Å². The lowest BCUT2D eigenvalue weighted by Gasteiger charge is -2.43. The number of likely N-dealkylation sites (tertiary alicyclic amines) is 1. The van der Waals surface area contributed by atoms with Crippen molar-refractivity contribution in [1.82, 2.24) is 10.2 Å². The van der Waals surface area contributed by atoms with Crippen LogP contribution in [-0.2, 0) is 33.0 Å². The van der Waals surface area contributed by atoms with Gasteiger partial charge in [0.05, 0.1) is 54.3 Å². The zero-order chi connectivity index (χ0) is 34.8. The van der Waals surface area contributed by atoms with Crippen LogP contribution in [0, 0.1) is 17.8 Å². The van der Waals surface area contributed by atoms with Crippen molar-refractivity contribution in [2.45, 2.75) is 88.5 Å². The number of allylic oxidation sites excluding steroid dienone is 1. The first kappa shape index (κ1) is 35.3. The molecule has 3 aliphatic heterocycles. The van der Waals surface area contributed by atoms with Crippen molar-refractivity contribution in [3.8, 4) is 5.75 Å². The molecule has 2 saturated carbocycles. The number of nitrogens with one attached hydrogen (secondary N) is 1. The van der Waals surface area contributed by atoms with E-state index in [2.05, 4.69) is 38.9 Å². The second-order valence-corrected chi connectivity index (χ2v) is 16.4. The molecule has 3 amide bonds. The standard InChI is InChI=1S/C38H49ClN4O6S/c1-24-6-5-8-34(47-2)32-15-10-28(32)21-42-20-27-9-12-29(39)18-25(27)7-3-4-17-48-35-16-11-26(19-33(35)42)36(44)41-50(46)37(24)40-38(45)43-22-31(23-43)49-30-13-14-30/h5,8-9,11-12,16,18-19,24,28,30-32,34,37,50H,3-4,6-7,10,13-15,17,20-23H2,1-2H3,(H,40,45)/b8-5+/t24-,28-,32+,34-,37?/m0/s1. The Balaban J connectivity index is 1.22. The molecule has 6 atom stereocenters. The van der Waals surface area contributed by atoms with E-state index in [-0.39, 0.29) is 24.2 Å². The molecule has 5 aliphatic rings. The summed E-state index contributed by atoms with van der Waals surface area (Å²) in [5.41, 5.74) is 3.56. The molecular weight excluding hydrogens is 676 g/mol. The minimum Gasteiger partial charge on any atom is -0.491 e. The number of hydrogen-bond donors (Lipinski definition) is 2. The van der Waals surface area contributed by atoms with Crippen LogP contribution in [0.25, 0.3) is 0 Å². The summed E-state index contributed by atoms with van der Waals surface area (Å²) in [4.78, 5) is 31.1. The highest BCUT2D eigenvalue weighted by Crippen LogP contribution is 2.42. The molecule has 3 heterocycles. The molecule has 2 bridgehead atoms. The van der Waals surface area contributed by atoms with Crippen LogP contribution < -0.4 is 15.0 Å². The lowest BCUT2D eigenvalue weighted by Crippen LogP contribution is -2.59. The number of ether oxygens (including phenoxy) is 3. The van der Waals surface area contributed by atoms with Crippen LogP contribution in [-0.4, -0.2) is 78.1 Å². The first-order chi connectivity index (χ1) is 24.2. The maximum atomic E-state index is 13.9. The molecule has 1 N–H and O–H groups in total. The summed E-state index contributed by atoms with van der Waals surface area (Å²) < 4.78 is 36.5. The molecule has 12 heteroatoms. The molecule has 0 spiro atoms. The van der Waals surface area contributed by atoms with Gasteiger partial charge >= 0.3 is 6.03 Å². The van der Waals surface area contributed by atoms with Gasteiger partial charge in [-0.05, 0) is 111 Å². The van der Waals surface area contributed by atoms with Crippen LogP contribution in [0.15, 0.2) is 52.9 Å². The van der Waals surface area contributed by atoms with Crippen molar-refractivity contribution >= 4 is 39.8 Å². The van der Waals surface area contributed by atoms with E-state index in [9.17, 15) is 13.8 Å². The Morgan fingerprint density at radius 3 is 2.64 bits per heavy atom. The number of benzene rings is 2. The number of anilines is 1. The number of hydrogen-bond acceptors (Lipinski definition) is 7. The largest absolute Gasteiger partial charge is 0.491 e. The molecule has 0 aromatic heterocycles. The molecule has 1 saturated heterocycles. The zero-order valence-electron chi connectivity index (χ0n) is 29.0. The number of carbonyl (C=O) groups excluding carboxylic acids is 2. The fourth-order valence-corrected chi connectivity index (χ4v) is 8.94. The van der Waals surface area contributed by atoms with Gasteiger partial charge in [0.2, 0.25) is 0 Å². The predicted molar refractivity (Wildman–Crippen MR) is 195 cm³/mol. The van der Waals surface area contributed by atoms with Gasteiger partial charge in [-0.2, -0.15) is 4.36 Å². The third-order valence-electron chi connectivity index (χ3n) is 10.9. The molecule has 0 radical (unpaired) electrons. The summed E-state index contributed by atoms with van der Waals surface area (Å²) in [6.45, 7) is 4.87. The summed E-state index contributed by atoms with van der Waals surface area (Å²) in [5.74, 6) is 0.560. The number of rotatable bonds is 4. The van der Waals surface area contributed by atoms with E-state index in [0.29, 0.717) is 61.9 Å². The van der Waals surface area contributed by atoms with Crippen LogP contribution in [0.4, 0.5) is 10.5 Å². The van der Waals surface area contributed by atoms with E-state index < -0.39 is 21.9 Å². The fourth-order valence-electron chi connectivity index (χ4n) is 7.55. The Bertz CT molecular complexity index is 1690. The van der Waals surface area contributed by atoms with Crippen molar-refractivity contribution in [3.05, 3.63) is 70.3 Å². The predicted octanol–water partition coefficient (Wildman–Crippen LogP) is 6.40. The highest BCUT2D eigenvalue weighted by Gasteiger charge is 2.39. The molecule has 10 nitrogen and oxygen atoms in total. The van der Waals surface area contributed by atoms with Crippen molar-refractivity contribution in [2.75, 3.05) is 38.3 Å². The van der Waals surface area contributed by atoms with Crippen LogP contribution >= 0.6 is 11.6 Å². The summed E-state index contributed by atoms with van der Waals surface area (Å²) in [6.07, 6.45) is 12.0. The molecule has 50 heavy (non-hydrogen) atoms. The highest BCUT2D eigenvalue weighted by atomic mass is 35.5. The maximum Gasteiger partial charge on any atom is 0.318 e. The smallest absolute Gasteiger partial charge is 0.318 e. The van der Waals surface area contributed by atoms with E-state index >= 15 is 0 Å². The zero-order valence-corrected chi connectivity index (χ0v) is 30.6. The number of amides is 3. The number of aryl methyl sites for hydroxylation is 1. The quantitative estimate of drug-likeness (QED) is 0.278. The molecule has 2 aliphatic carbocycles. The van der Waals surface area contributed by atoms with Crippen LogP contribution in [0.3, 0.4) is 0 Å². The summed E-state index contributed by atoms with van der Waals surface area (Å²) in [5, 5.41) is 2.87. The van der Waals surface area contributed by atoms with Gasteiger partial charge < -0.3 is 29.3 Å². The second kappa shape index (κ2) is 15.6. The van der Waals surface area contributed by atoms with Gasteiger partial charge in [0.15, 0.2) is 0 Å². The van der Waals surface area contributed by atoms with Crippen molar-refractivity contribution in [3.63, 3.8) is 0 Å². The van der Waals surface area contributed by atoms with Gasteiger partial charge in [-0.3, -0.25) is 9.00 Å². The van der Waals surface area contributed by atoms with Gasteiger partial charge in [0.1, 0.15) is 11.1 Å². The topological polar surface area (TPSA) is 110 Å². The van der Waals surface area contributed by atoms with Gasteiger partial charge in [0.25, 0.3) is 5.91 Å². The molecular formula is C38H49ClN4O6S. The Labute approximate surface area is 302 Å². The lowest BCUT2D eigenvalue weighted by molar-refractivity contribution is -0.0444. The van der Waals surface area contributed by atoms with Crippen molar-refractivity contribution in [1.29, 1.82) is 0 Å². The van der Waals surface area contributed by atoms with E-state index in [1.807, 2.05) is 25.1 Å². The van der Waals surface area contributed by atoms with Crippen LogP contribution in [0.5, 0.6) is 5.75 Å². The number of halogens is 1. The molecule has 2 aromatic rings. The minimum absolute atomic E-state index is 0.0392. The Kier molecular flexibility index (Phi) is 11.0. The molecule has 2 aromatic carbocycles. The first-order valence-electron chi connectivity index (χ1n) is 18.2. The number of thiol groups is 1. The summed E-state index contributed by atoms with van der Waals surface area (Å²) in [7, 11) is -0.741.